The molecule has 0 radical (unpaired) electrons. The third kappa shape index (κ3) is 4.95. The summed E-state index contributed by atoms with van der Waals surface area (Å²) in [5.74, 6) is 1.10. The summed E-state index contributed by atoms with van der Waals surface area (Å²) in [7, 11) is 4.06. The van der Waals surface area contributed by atoms with Crippen LogP contribution in [0, 0.1) is 18.8 Å². The van der Waals surface area contributed by atoms with Crippen LogP contribution in [0.25, 0.3) is 22.0 Å². The molecule has 1 unspecified atom stereocenters. The van der Waals surface area contributed by atoms with Gasteiger partial charge in [0.2, 0.25) is 5.91 Å². The number of hydrogen-bond donors (Lipinski definition) is 2. The summed E-state index contributed by atoms with van der Waals surface area (Å²) < 4.78 is 0. The fraction of sp³-hybridized carbons (Fsp3) is 0.440. The maximum atomic E-state index is 12.5. The van der Waals surface area contributed by atoms with E-state index in [-0.39, 0.29) is 11.8 Å². The van der Waals surface area contributed by atoms with Gasteiger partial charge in [-0.1, -0.05) is 13.3 Å². The summed E-state index contributed by atoms with van der Waals surface area (Å²) in [6, 6.07) is 5.77. The molecule has 0 aromatic carbocycles. The Morgan fingerprint density at radius 3 is 2.62 bits per heavy atom. The SMILES string of the molecule is CCCC(O)c1cc(C)c(-c2cc3cnc(NC(=O)[C@@H]4C[C@H]4CN(C)C)cc3cn2)cn1. The van der Waals surface area contributed by atoms with Crippen LogP contribution in [0.3, 0.4) is 0 Å². The van der Waals surface area contributed by atoms with Crippen LogP contribution in [0.4, 0.5) is 5.82 Å². The summed E-state index contributed by atoms with van der Waals surface area (Å²) >= 11 is 0. The maximum Gasteiger partial charge on any atom is 0.228 e. The van der Waals surface area contributed by atoms with Gasteiger partial charge in [0.1, 0.15) is 5.82 Å². The Hall–Kier alpha value is -2.90. The lowest BCUT2D eigenvalue weighted by atomic mass is 10.0. The minimum absolute atomic E-state index is 0.0420. The molecule has 3 aromatic rings. The number of nitrogens with zero attached hydrogens (tertiary/aromatic N) is 4. The molecule has 3 atom stereocenters. The van der Waals surface area contributed by atoms with Gasteiger partial charge in [-0.05, 0) is 63.5 Å². The van der Waals surface area contributed by atoms with Gasteiger partial charge in [-0.15, -0.1) is 0 Å². The van der Waals surface area contributed by atoms with Crippen LogP contribution in [0.2, 0.25) is 0 Å². The number of aliphatic hydroxyl groups excluding tert-OH is 1. The van der Waals surface area contributed by atoms with E-state index >= 15 is 0 Å². The van der Waals surface area contributed by atoms with Crippen LogP contribution < -0.4 is 5.32 Å². The Kier molecular flexibility index (Phi) is 6.48. The van der Waals surface area contributed by atoms with Crippen LogP contribution in [0.1, 0.15) is 43.5 Å². The zero-order chi connectivity index (χ0) is 22.8. The molecule has 1 fully saturated rings. The summed E-state index contributed by atoms with van der Waals surface area (Å²) in [5, 5.41) is 15.0. The van der Waals surface area contributed by atoms with E-state index < -0.39 is 6.10 Å². The van der Waals surface area contributed by atoms with E-state index in [4.69, 9.17) is 0 Å². The van der Waals surface area contributed by atoms with Crippen molar-refractivity contribution in [3.05, 3.63) is 48.0 Å². The second kappa shape index (κ2) is 9.30. The number of hydrogen-bond acceptors (Lipinski definition) is 6. The number of rotatable bonds is 8. The molecule has 7 heteroatoms. The molecule has 3 heterocycles. The van der Waals surface area contributed by atoms with Crippen molar-refractivity contribution in [3.63, 3.8) is 0 Å². The highest BCUT2D eigenvalue weighted by atomic mass is 16.3. The van der Waals surface area contributed by atoms with Crippen LogP contribution >= 0.6 is 0 Å². The second-order valence-electron chi connectivity index (χ2n) is 9.07. The molecule has 1 saturated carbocycles. The van der Waals surface area contributed by atoms with Crippen molar-refractivity contribution in [2.45, 2.75) is 39.2 Å². The van der Waals surface area contributed by atoms with E-state index in [9.17, 15) is 9.90 Å². The van der Waals surface area contributed by atoms with E-state index in [0.29, 0.717) is 23.9 Å². The fourth-order valence-electron chi connectivity index (χ4n) is 4.16. The number of anilines is 1. The molecular weight excluding hydrogens is 402 g/mol. The summed E-state index contributed by atoms with van der Waals surface area (Å²) in [6.45, 7) is 4.98. The largest absolute Gasteiger partial charge is 0.387 e. The highest BCUT2D eigenvalue weighted by molar-refractivity contribution is 5.96. The Labute approximate surface area is 188 Å². The van der Waals surface area contributed by atoms with E-state index in [2.05, 4.69) is 25.2 Å². The molecule has 3 aromatic heterocycles. The first-order valence-corrected chi connectivity index (χ1v) is 11.2. The molecular formula is C25H31N5O2. The zero-order valence-electron chi connectivity index (χ0n) is 19.2. The van der Waals surface area contributed by atoms with E-state index in [1.807, 2.05) is 46.1 Å². The lowest BCUT2D eigenvalue weighted by Gasteiger charge is -2.12. The van der Waals surface area contributed by atoms with Gasteiger partial charge in [-0.2, -0.15) is 0 Å². The van der Waals surface area contributed by atoms with Crippen LogP contribution in [0.15, 0.2) is 36.8 Å². The second-order valence-corrected chi connectivity index (χ2v) is 9.07. The first kappa shape index (κ1) is 22.3. The first-order chi connectivity index (χ1) is 15.4. The normalized spacial score (nSPS) is 18.7. The number of carbonyl (C=O) groups excluding carboxylic acids is 1. The van der Waals surface area contributed by atoms with Crippen LogP contribution in [-0.2, 0) is 4.79 Å². The van der Waals surface area contributed by atoms with E-state index in [1.165, 1.54) is 0 Å². The third-order valence-electron chi connectivity index (χ3n) is 6.02. The van der Waals surface area contributed by atoms with Crippen LogP contribution in [-0.4, -0.2) is 51.5 Å². The molecule has 4 rings (SSSR count). The molecule has 7 nitrogen and oxygen atoms in total. The molecule has 1 aliphatic rings. The molecule has 0 saturated heterocycles. The predicted octanol–water partition coefficient (Wildman–Crippen LogP) is 3.97. The Morgan fingerprint density at radius 2 is 1.91 bits per heavy atom. The van der Waals surface area contributed by atoms with Gasteiger partial charge in [0, 0.05) is 47.4 Å². The lowest BCUT2D eigenvalue weighted by molar-refractivity contribution is -0.117. The van der Waals surface area contributed by atoms with Gasteiger partial charge in [0.15, 0.2) is 0 Å². The standard InChI is InChI=1S/C25H31N5O2/c1-5-6-23(31)22-7-15(2)20(13-27-22)21-9-16-12-28-24(10-17(16)11-26-21)29-25(32)19-8-18(19)14-30(3)4/h7,9-13,18-19,23,31H,5-6,8,14H2,1-4H3,(H,28,29,32)/t18-,19+,23?/m0/s1. The molecule has 168 valence electrons. The molecule has 0 spiro atoms. The van der Waals surface area contributed by atoms with E-state index in [1.54, 1.807) is 18.6 Å². The van der Waals surface area contributed by atoms with E-state index in [0.717, 1.165) is 47.0 Å². The molecule has 1 aliphatic carbocycles. The zero-order valence-corrected chi connectivity index (χ0v) is 19.2. The van der Waals surface area contributed by atoms with Crippen molar-refractivity contribution in [1.29, 1.82) is 0 Å². The number of pyridine rings is 3. The van der Waals surface area contributed by atoms with Crippen molar-refractivity contribution in [2.24, 2.45) is 11.8 Å². The van der Waals surface area contributed by atoms with Crippen molar-refractivity contribution in [3.8, 4) is 11.3 Å². The average molecular weight is 434 g/mol. The number of amides is 1. The number of nitrogens with one attached hydrogen (secondary N) is 1. The predicted molar refractivity (Wildman–Crippen MR) is 126 cm³/mol. The highest BCUT2D eigenvalue weighted by Gasteiger charge is 2.43. The Balaban J connectivity index is 1.49. The number of carbonyl (C=O) groups is 1. The van der Waals surface area contributed by atoms with Gasteiger partial charge in [0.05, 0.1) is 17.5 Å². The molecule has 0 aliphatic heterocycles. The molecule has 0 bridgehead atoms. The summed E-state index contributed by atoms with van der Waals surface area (Å²) in [5.41, 5.74) is 3.45. The minimum atomic E-state index is -0.538. The fourth-order valence-corrected chi connectivity index (χ4v) is 4.16. The smallest absolute Gasteiger partial charge is 0.228 e. The molecule has 2 N–H and O–H groups in total. The van der Waals surface area contributed by atoms with Crippen molar-refractivity contribution in [2.75, 3.05) is 26.0 Å². The van der Waals surface area contributed by atoms with Gasteiger partial charge in [-0.3, -0.25) is 14.8 Å². The quantitative estimate of drug-likeness (QED) is 0.559. The van der Waals surface area contributed by atoms with Gasteiger partial charge >= 0.3 is 0 Å². The monoisotopic (exact) mass is 433 g/mol. The number of fused-ring (bicyclic) bond motifs is 1. The average Bonchev–Trinajstić information content (AvgIpc) is 3.52. The van der Waals surface area contributed by atoms with Gasteiger partial charge < -0.3 is 15.3 Å². The van der Waals surface area contributed by atoms with Crippen molar-refractivity contribution >= 4 is 22.5 Å². The molecule has 1 amide bonds. The Morgan fingerprint density at radius 1 is 1.16 bits per heavy atom. The number of aromatic nitrogens is 3. The third-order valence-corrected chi connectivity index (χ3v) is 6.02. The van der Waals surface area contributed by atoms with Crippen LogP contribution in [0.5, 0.6) is 0 Å². The van der Waals surface area contributed by atoms with Gasteiger partial charge in [-0.25, -0.2) is 4.98 Å². The summed E-state index contributed by atoms with van der Waals surface area (Å²) in [6.07, 6.45) is 7.34. The van der Waals surface area contributed by atoms with Crippen molar-refractivity contribution < 1.29 is 9.90 Å². The number of aliphatic hydroxyl groups is 1. The Bertz CT molecular complexity index is 1130. The first-order valence-electron chi connectivity index (χ1n) is 11.2. The maximum absolute atomic E-state index is 12.5. The topological polar surface area (TPSA) is 91.2 Å². The van der Waals surface area contributed by atoms with Crippen molar-refractivity contribution in [1.82, 2.24) is 19.9 Å². The molecule has 32 heavy (non-hydrogen) atoms. The van der Waals surface area contributed by atoms with Gasteiger partial charge in [0.25, 0.3) is 0 Å². The minimum Gasteiger partial charge on any atom is -0.387 e. The number of aryl methyl sites for hydroxylation is 1. The lowest BCUT2D eigenvalue weighted by Crippen LogP contribution is -2.20. The summed E-state index contributed by atoms with van der Waals surface area (Å²) in [4.78, 5) is 28.1. The highest BCUT2D eigenvalue weighted by Crippen LogP contribution is 2.39.